The number of aliphatic hydroxyl groups excluding tert-OH is 2. The van der Waals surface area contributed by atoms with Crippen molar-refractivity contribution in [2.24, 2.45) is 11.3 Å². The Morgan fingerprint density at radius 3 is 2.56 bits per heavy atom. The molecule has 1 aliphatic heterocycles. The van der Waals surface area contributed by atoms with Crippen molar-refractivity contribution in [2.45, 2.75) is 70.2 Å². The van der Waals surface area contributed by atoms with Crippen LogP contribution in [0.5, 0.6) is 0 Å². The first-order valence-corrected chi connectivity index (χ1v) is 8.88. The van der Waals surface area contributed by atoms with Crippen LogP contribution >= 0.6 is 0 Å². The minimum atomic E-state index is -1.06. The lowest BCUT2D eigenvalue weighted by Crippen LogP contribution is -2.60. The van der Waals surface area contributed by atoms with Crippen molar-refractivity contribution in [1.29, 1.82) is 0 Å². The van der Waals surface area contributed by atoms with E-state index in [4.69, 9.17) is 9.15 Å². The van der Waals surface area contributed by atoms with Crippen LogP contribution in [0.4, 0.5) is 0 Å². The van der Waals surface area contributed by atoms with E-state index in [9.17, 15) is 19.8 Å². The summed E-state index contributed by atoms with van der Waals surface area (Å²) in [5.74, 6) is -0.447. The summed E-state index contributed by atoms with van der Waals surface area (Å²) in [6.45, 7) is 7.48. The molecular formula is C19H24O6. The number of esters is 1. The Balaban J connectivity index is 2.07. The summed E-state index contributed by atoms with van der Waals surface area (Å²) in [7, 11) is 0. The molecule has 2 aliphatic carbocycles. The fraction of sp³-hybridized carbons (Fsp3) is 0.684. The standard InChI is InChI=1S/C19H24O6/c1-8(2)14-12-9(7-11(21)24-14)19(4)10(20)5-6-18(3)16(19)15(13(12)22)25-17(18)23/h7-8,10,13,15-16,20,22H,5-6H2,1-4H3/t10?,13?,15?,16-,18-,19?/m0/s1. The molecule has 1 saturated carbocycles. The number of hydrogen-bond donors (Lipinski definition) is 2. The minimum absolute atomic E-state index is 0.123. The maximum atomic E-state index is 12.6. The Labute approximate surface area is 145 Å². The number of carbonyl (C=O) groups is 1. The maximum absolute atomic E-state index is 12.6. The lowest BCUT2D eigenvalue weighted by Gasteiger charge is -2.54. The van der Waals surface area contributed by atoms with Gasteiger partial charge in [0.15, 0.2) is 0 Å². The van der Waals surface area contributed by atoms with Crippen LogP contribution in [0, 0.1) is 11.3 Å². The van der Waals surface area contributed by atoms with Gasteiger partial charge in [0.25, 0.3) is 0 Å². The molecule has 6 heteroatoms. The van der Waals surface area contributed by atoms with Crippen LogP contribution in [0.3, 0.4) is 0 Å². The van der Waals surface area contributed by atoms with Crippen molar-refractivity contribution in [2.75, 3.05) is 0 Å². The number of hydrogen-bond acceptors (Lipinski definition) is 6. The van der Waals surface area contributed by atoms with Crippen molar-refractivity contribution in [3.63, 3.8) is 0 Å². The van der Waals surface area contributed by atoms with Crippen molar-refractivity contribution in [3.05, 3.63) is 33.4 Å². The van der Waals surface area contributed by atoms with Gasteiger partial charge in [0, 0.05) is 28.9 Å². The van der Waals surface area contributed by atoms with Crippen LogP contribution in [-0.4, -0.2) is 28.4 Å². The van der Waals surface area contributed by atoms with Gasteiger partial charge in [0.1, 0.15) is 18.0 Å². The molecule has 1 aromatic rings. The van der Waals surface area contributed by atoms with Gasteiger partial charge in [-0.25, -0.2) is 4.79 Å². The van der Waals surface area contributed by atoms with Crippen LogP contribution in [0.2, 0.25) is 0 Å². The molecule has 6 nitrogen and oxygen atoms in total. The second kappa shape index (κ2) is 4.95. The zero-order chi connectivity index (χ0) is 18.3. The van der Waals surface area contributed by atoms with Crippen LogP contribution in [0.15, 0.2) is 15.3 Å². The fourth-order valence-corrected chi connectivity index (χ4v) is 5.48. The van der Waals surface area contributed by atoms with E-state index in [1.165, 1.54) is 6.07 Å². The highest BCUT2D eigenvalue weighted by atomic mass is 16.6. The van der Waals surface area contributed by atoms with Crippen molar-refractivity contribution in [1.82, 2.24) is 0 Å². The van der Waals surface area contributed by atoms with E-state index in [1.807, 2.05) is 27.7 Å². The predicted molar refractivity (Wildman–Crippen MR) is 88.1 cm³/mol. The average molecular weight is 348 g/mol. The second-order valence-corrected chi connectivity index (χ2v) is 8.46. The molecule has 2 heterocycles. The molecule has 1 aromatic heterocycles. The largest absolute Gasteiger partial charge is 0.458 e. The van der Waals surface area contributed by atoms with Gasteiger partial charge in [0.2, 0.25) is 0 Å². The summed E-state index contributed by atoms with van der Waals surface area (Å²) >= 11 is 0. The Kier molecular flexibility index (Phi) is 3.32. The van der Waals surface area contributed by atoms with Crippen LogP contribution in [-0.2, 0) is 14.9 Å². The third kappa shape index (κ3) is 1.87. The number of aliphatic hydroxyl groups is 2. The lowest BCUT2D eigenvalue weighted by molar-refractivity contribution is -0.151. The first kappa shape index (κ1) is 16.8. The van der Waals surface area contributed by atoms with Crippen molar-refractivity contribution in [3.8, 4) is 0 Å². The Morgan fingerprint density at radius 1 is 1.24 bits per heavy atom. The molecule has 2 N–H and O–H groups in total. The summed E-state index contributed by atoms with van der Waals surface area (Å²) in [6, 6.07) is 1.37. The first-order chi connectivity index (χ1) is 11.6. The van der Waals surface area contributed by atoms with E-state index < -0.39 is 34.8 Å². The van der Waals surface area contributed by atoms with Gasteiger partial charge in [-0.15, -0.1) is 0 Å². The summed E-state index contributed by atoms with van der Waals surface area (Å²) in [4.78, 5) is 24.8. The highest BCUT2D eigenvalue weighted by Crippen LogP contribution is 2.63. The molecule has 0 aromatic carbocycles. The Bertz CT molecular complexity index is 811. The molecule has 4 rings (SSSR count). The highest BCUT2D eigenvalue weighted by molar-refractivity contribution is 5.81. The highest BCUT2D eigenvalue weighted by Gasteiger charge is 2.69. The molecule has 25 heavy (non-hydrogen) atoms. The normalized spacial score (nSPS) is 42.1. The SMILES string of the molecule is CC(C)c1oc(=O)cc2c1C(O)C1OC(=O)[C@@]3(C)CCC(O)C2(C)[C@@H]13. The van der Waals surface area contributed by atoms with E-state index in [0.29, 0.717) is 29.7 Å². The topological polar surface area (TPSA) is 97.0 Å². The van der Waals surface area contributed by atoms with E-state index in [1.54, 1.807) is 0 Å². The smallest absolute Gasteiger partial charge is 0.336 e. The fourth-order valence-electron chi connectivity index (χ4n) is 5.48. The summed E-state index contributed by atoms with van der Waals surface area (Å²) < 4.78 is 11.0. The number of ether oxygens (including phenoxy) is 1. The molecule has 4 unspecified atom stereocenters. The molecule has 6 atom stereocenters. The number of fused-ring (bicyclic) bond motifs is 2. The predicted octanol–water partition coefficient (Wildman–Crippen LogP) is 1.77. The minimum Gasteiger partial charge on any atom is -0.458 e. The maximum Gasteiger partial charge on any atom is 0.336 e. The summed E-state index contributed by atoms with van der Waals surface area (Å²) in [6.07, 6.45) is -1.58. The molecule has 136 valence electrons. The van der Waals surface area contributed by atoms with Gasteiger partial charge in [-0.05, 0) is 25.3 Å². The molecular weight excluding hydrogens is 324 g/mol. The summed E-state index contributed by atoms with van der Waals surface area (Å²) in [5.41, 5.74) is -1.03. The first-order valence-electron chi connectivity index (χ1n) is 8.88. The van der Waals surface area contributed by atoms with E-state index in [-0.39, 0.29) is 17.8 Å². The Morgan fingerprint density at radius 2 is 1.92 bits per heavy atom. The zero-order valence-electron chi connectivity index (χ0n) is 14.9. The summed E-state index contributed by atoms with van der Waals surface area (Å²) in [5, 5.41) is 21.9. The van der Waals surface area contributed by atoms with E-state index in [0.717, 1.165) is 0 Å². The quantitative estimate of drug-likeness (QED) is 0.751. The van der Waals surface area contributed by atoms with Gasteiger partial charge in [-0.2, -0.15) is 0 Å². The van der Waals surface area contributed by atoms with E-state index >= 15 is 0 Å². The van der Waals surface area contributed by atoms with Gasteiger partial charge in [-0.1, -0.05) is 20.8 Å². The van der Waals surface area contributed by atoms with Gasteiger partial charge >= 0.3 is 11.6 Å². The number of rotatable bonds is 1. The van der Waals surface area contributed by atoms with Gasteiger partial charge in [-0.3, -0.25) is 4.79 Å². The molecule has 3 aliphatic rings. The molecule has 0 bridgehead atoms. The third-order valence-electron chi connectivity index (χ3n) is 6.74. The molecule has 1 saturated heterocycles. The molecule has 2 fully saturated rings. The Hall–Kier alpha value is -1.66. The monoisotopic (exact) mass is 348 g/mol. The van der Waals surface area contributed by atoms with Gasteiger partial charge in [0.05, 0.1) is 11.5 Å². The van der Waals surface area contributed by atoms with Crippen LogP contribution < -0.4 is 5.63 Å². The number of carbonyl (C=O) groups excluding carboxylic acids is 1. The van der Waals surface area contributed by atoms with Crippen molar-refractivity contribution >= 4 is 5.97 Å². The van der Waals surface area contributed by atoms with Crippen molar-refractivity contribution < 1.29 is 24.2 Å². The molecule has 0 radical (unpaired) electrons. The van der Waals surface area contributed by atoms with Crippen LogP contribution in [0.1, 0.15) is 69.4 Å². The second-order valence-electron chi connectivity index (χ2n) is 8.46. The van der Waals surface area contributed by atoms with Crippen LogP contribution in [0.25, 0.3) is 0 Å². The average Bonchev–Trinajstić information content (AvgIpc) is 2.82. The van der Waals surface area contributed by atoms with E-state index in [2.05, 4.69) is 0 Å². The molecule has 0 spiro atoms. The van der Waals surface area contributed by atoms with Gasteiger partial charge < -0.3 is 19.4 Å². The molecule has 0 amide bonds. The zero-order valence-corrected chi connectivity index (χ0v) is 14.9. The lowest BCUT2D eigenvalue weighted by atomic mass is 9.48. The third-order valence-corrected chi connectivity index (χ3v) is 6.74.